The lowest BCUT2D eigenvalue weighted by Gasteiger charge is -2.35. The average Bonchev–Trinajstić information content (AvgIpc) is 2.93. The molecule has 4 N–H and O–H groups in total. The summed E-state index contributed by atoms with van der Waals surface area (Å²) in [4.78, 5) is 32.0. The summed E-state index contributed by atoms with van der Waals surface area (Å²) >= 11 is 1.71. The number of nitrogens with one attached hydrogen (secondary N) is 2. The number of fused-ring (bicyclic) bond motifs is 1. The first-order valence-corrected chi connectivity index (χ1v) is 9.25. The van der Waals surface area contributed by atoms with Crippen LogP contribution in [-0.2, 0) is 12.8 Å². The van der Waals surface area contributed by atoms with Crippen molar-refractivity contribution in [2.24, 2.45) is 0 Å². The molecule has 0 spiro atoms. The predicted octanol–water partition coefficient (Wildman–Crippen LogP) is 1.97. The van der Waals surface area contributed by atoms with Gasteiger partial charge in [0.25, 0.3) is 11.5 Å². The molecule has 2 aromatic heterocycles. The van der Waals surface area contributed by atoms with Gasteiger partial charge in [0.1, 0.15) is 0 Å². The summed E-state index contributed by atoms with van der Waals surface area (Å²) in [6.45, 7) is 0. The number of H-pyrrole nitrogens is 1. The number of anilines is 1. The predicted molar refractivity (Wildman–Crippen MR) is 93.5 cm³/mol. The van der Waals surface area contributed by atoms with Crippen molar-refractivity contribution in [2.45, 2.75) is 50.5 Å². The molecule has 0 unspecified atom stereocenters. The molecule has 0 bridgehead atoms. The molecular weight excluding hydrogens is 324 g/mol. The molecule has 1 saturated carbocycles. The largest absolute Gasteiger partial charge is 0.369 e. The van der Waals surface area contributed by atoms with E-state index in [1.165, 1.54) is 29.3 Å². The number of aromatic nitrogens is 2. The van der Waals surface area contributed by atoms with Crippen LogP contribution in [0.4, 0.5) is 5.95 Å². The highest BCUT2D eigenvalue weighted by atomic mass is 32.1. The summed E-state index contributed by atoms with van der Waals surface area (Å²) in [6.07, 6.45) is 6.12. The normalized spacial score (nSPS) is 22.5. The van der Waals surface area contributed by atoms with Crippen LogP contribution in [0.2, 0.25) is 0 Å². The van der Waals surface area contributed by atoms with E-state index in [0.29, 0.717) is 0 Å². The summed E-state index contributed by atoms with van der Waals surface area (Å²) in [6, 6.07) is 1.64. The van der Waals surface area contributed by atoms with Gasteiger partial charge >= 0.3 is 0 Å². The molecular formula is C17H20N4O2S. The van der Waals surface area contributed by atoms with E-state index in [-0.39, 0.29) is 29.4 Å². The molecule has 2 aliphatic carbocycles. The number of aromatic amines is 1. The summed E-state index contributed by atoms with van der Waals surface area (Å²) in [5.74, 6) is 0.377. The third kappa shape index (κ3) is 2.84. The molecule has 0 radical (unpaired) electrons. The van der Waals surface area contributed by atoms with Gasteiger partial charge in [-0.1, -0.05) is 0 Å². The first-order valence-electron chi connectivity index (χ1n) is 8.37. The Balaban J connectivity index is 1.39. The molecule has 1 amide bonds. The van der Waals surface area contributed by atoms with Crippen LogP contribution in [0.15, 0.2) is 16.2 Å². The number of hydrogen-bond acceptors (Lipinski definition) is 5. The number of hydrogen-bond donors (Lipinski definition) is 3. The number of nitrogens with zero attached hydrogens (tertiary/aromatic N) is 1. The van der Waals surface area contributed by atoms with Crippen molar-refractivity contribution in [1.82, 2.24) is 15.3 Å². The number of carbonyl (C=O) groups excluding carboxylic acids is 1. The number of carbonyl (C=O) groups is 1. The van der Waals surface area contributed by atoms with E-state index in [2.05, 4.69) is 15.3 Å². The van der Waals surface area contributed by atoms with Crippen LogP contribution in [0.3, 0.4) is 0 Å². The molecule has 1 fully saturated rings. The number of thiophene rings is 1. The van der Waals surface area contributed by atoms with Gasteiger partial charge in [0, 0.05) is 28.3 Å². The molecule has 6 nitrogen and oxygen atoms in total. The maximum absolute atomic E-state index is 12.5. The van der Waals surface area contributed by atoms with E-state index in [0.717, 1.165) is 36.9 Å². The Morgan fingerprint density at radius 3 is 2.92 bits per heavy atom. The number of nitrogen functional groups attached to an aromatic ring is 1. The van der Waals surface area contributed by atoms with Crippen LogP contribution in [0.1, 0.15) is 58.1 Å². The topological polar surface area (TPSA) is 101 Å². The summed E-state index contributed by atoms with van der Waals surface area (Å²) in [5.41, 5.74) is 8.19. The third-order valence-electron chi connectivity index (χ3n) is 4.98. The minimum atomic E-state index is -0.227. The van der Waals surface area contributed by atoms with Gasteiger partial charge in [-0.2, -0.15) is 0 Å². The van der Waals surface area contributed by atoms with E-state index < -0.39 is 0 Å². The van der Waals surface area contributed by atoms with Crippen LogP contribution >= 0.6 is 11.3 Å². The van der Waals surface area contributed by atoms with Crippen molar-refractivity contribution >= 4 is 23.2 Å². The van der Waals surface area contributed by atoms with Gasteiger partial charge in [-0.3, -0.25) is 14.6 Å². The van der Waals surface area contributed by atoms with Crippen molar-refractivity contribution in [1.29, 1.82) is 0 Å². The van der Waals surface area contributed by atoms with E-state index in [4.69, 9.17) is 5.73 Å². The van der Waals surface area contributed by atoms with Gasteiger partial charge < -0.3 is 11.1 Å². The third-order valence-corrected chi connectivity index (χ3v) is 6.07. The lowest BCUT2D eigenvalue weighted by atomic mass is 9.78. The number of nitrogens with two attached hydrogens (primary N) is 1. The molecule has 7 heteroatoms. The van der Waals surface area contributed by atoms with Gasteiger partial charge in [0.15, 0.2) is 0 Å². The summed E-state index contributed by atoms with van der Waals surface area (Å²) < 4.78 is 0. The summed E-state index contributed by atoms with van der Waals surface area (Å²) in [7, 11) is 0. The van der Waals surface area contributed by atoms with Crippen molar-refractivity contribution in [2.75, 3.05) is 5.73 Å². The van der Waals surface area contributed by atoms with Crippen molar-refractivity contribution in [3.63, 3.8) is 0 Å². The van der Waals surface area contributed by atoms with Crippen molar-refractivity contribution in [3.05, 3.63) is 43.5 Å². The Morgan fingerprint density at radius 2 is 2.12 bits per heavy atom. The minimum Gasteiger partial charge on any atom is -0.369 e. The molecule has 126 valence electrons. The van der Waals surface area contributed by atoms with Crippen LogP contribution in [0, 0.1) is 0 Å². The maximum Gasteiger partial charge on any atom is 0.252 e. The molecule has 2 heterocycles. The number of amides is 1. The van der Waals surface area contributed by atoms with Crippen molar-refractivity contribution in [3.8, 4) is 0 Å². The Morgan fingerprint density at radius 1 is 1.33 bits per heavy atom. The monoisotopic (exact) mass is 344 g/mol. The molecule has 0 atom stereocenters. The van der Waals surface area contributed by atoms with E-state index >= 15 is 0 Å². The quantitative estimate of drug-likeness (QED) is 0.792. The van der Waals surface area contributed by atoms with Gasteiger partial charge in [-0.05, 0) is 44.1 Å². The molecule has 2 aliphatic rings. The second-order valence-electron chi connectivity index (χ2n) is 6.65. The van der Waals surface area contributed by atoms with Crippen LogP contribution < -0.4 is 16.6 Å². The van der Waals surface area contributed by atoms with E-state index in [9.17, 15) is 9.59 Å². The highest BCUT2D eigenvalue weighted by molar-refractivity contribution is 7.10. The Labute approximate surface area is 143 Å². The van der Waals surface area contributed by atoms with Crippen LogP contribution in [0.5, 0.6) is 0 Å². The van der Waals surface area contributed by atoms with Crippen LogP contribution in [-0.4, -0.2) is 21.9 Å². The first kappa shape index (κ1) is 15.4. The fourth-order valence-corrected chi connectivity index (χ4v) is 4.76. The second kappa shape index (κ2) is 6.05. The van der Waals surface area contributed by atoms with E-state index in [1.807, 2.05) is 5.38 Å². The Bertz CT molecular complexity index is 835. The molecule has 24 heavy (non-hydrogen) atoms. The molecule has 2 aromatic rings. The zero-order chi connectivity index (χ0) is 16.7. The molecule has 0 aliphatic heterocycles. The second-order valence-corrected chi connectivity index (χ2v) is 7.62. The van der Waals surface area contributed by atoms with Gasteiger partial charge in [0.2, 0.25) is 5.95 Å². The maximum atomic E-state index is 12.5. The van der Waals surface area contributed by atoms with Gasteiger partial charge in [0.05, 0.1) is 11.3 Å². The molecule has 0 aromatic carbocycles. The summed E-state index contributed by atoms with van der Waals surface area (Å²) in [5, 5.41) is 5.12. The smallest absolute Gasteiger partial charge is 0.252 e. The van der Waals surface area contributed by atoms with Gasteiger partial charge in [-0.15, -0.1) is 11.3 Å². The molecule has 0 saturated heterocycles. The van der Waals surface area contributed by atoms with Crippen LogP contribution in [0.25, 0.3) is 0 Å². The SMILES string of the molecule is Nc1nc(C2CC(NC(=O)c3csc4c3CCCC4)C2)cc(=O)[nH]1. The lowest BCUT2D eigenvalue weighted by molar-refractivity contribution is 0.0907. The fourth-order valence-electron chi connectivity index (χ4n) is 3.63. The molecule has 4 rings (SSSR count). The zero-order valence-electron chi connectivity index (χ0n) is 13.3. The lowest BCUT2D eigenvalue weighted by Crippen LogP contribution is -2.44. The first-order chi connectivity index (χ1) is 11.6. The van der Waals surface area contributed by atoms with Gasteiger partial charge in [-0.25, -0.2) is 4.98 Å². The highest BCUT2D eigenvalue weighted by Gasteiger charge is 2.33. The average molecular weight is 344 g/mol. The number of rotatable bonds is 3. The Hall–Kier alpha value is -2.15. The number of aryl methyl sites for hydroxylation is 1. The van der Waals surface area contributed by atoms with Crippen molar-refractivity contribution < 1.29 is 4.79 Å². The van der Waals surface area contributed by atoms with E-state index in [1.54, 1.807) is 11.3 Å². The zero-order valence-corrected chi connectivity index (χ0v) is 14.1. The standard InChI is InChI=1S/C17H20N4O2S/c18-17-20-13(7-15(22)21-17)9-5-10(6-9)19-16(23)12-8-24-14-4-2-1-3-11(12)14/h7-10H,1-6H2,(H,19,23)(H3,18,20,21,22). The highest BCUT2D eigenvalue weighted by Crippen LogP contribution is 2.36. The minimum absolute atomic E-state index is 0.0382. The fraction of sp³-hybridized carbons (Fsp3) is 0.471. The Kier molecular flexibility index (Phi) is 3.88.